The molecular formula is C16H28N4O4S. The minimum atomic E-state index is -4.22. The Balaban J connectivity index is 0.000000504. The molecule has 0 fully saturated rings. The van der Waals surface area contributed by atoms with Crippen molar-refractivity contribution in [2.75, 3.05) is 0 Å². The molecule has 1 rings (SSSR count). The number of nitrogens with zero attached hydrogens (tertiary/aromatic N) is 2. The first-order valence-corrected chi connectivity index (χ1v) is 9.36. The van der Waals surface area contributed by atoms with Crippen molar-refractivity contribution >= 4 is 22.3 Å². The summed E-state index contributed by atoms with van der Waals surface area (Å²) in [5.74, 6) is 0.0498. The lowest BCUT2D eigenvalue weighted by Crippen LogP contribution is -2.21. The normalized spacial score (nSPS) is 11.3. The molecule has 0 amide bonds. The summed E-state index contributed by atoms with van der Waals surface area (Å²) >= 11 is 0. The lowest BCUT2D eigenvalue weighted by molar-refractivity contribution is 0.461. The van der Waals surface area contributed by atoms with Gasteiger partial charge < -0.3 is 16.6 Å². The van der Waals surface area contributed by atoms with E-state index in [0.717, 1.165) is 19.3 Å². The maximum Gasteiger partial charge on any atom is 0.294 e. The van der Waals surface area contributed by atoms with Crippen LogP contribution in [0.15, 0.2) is 27.2 Å². The van der Waals surface area contributed by atoms with E-state index < -0.39 is 10.1 Å². The zero-order valence-corrected chi connectivity index (χ0v) is 15.9. The van der Waals surface area contributed by atoms with Crippen LogP contribution in [-0.4, -0.2) is 30.3 Å². The topological polar surface area (TPSA) is 151 Å². The van der Waals surface area contributed by atoms with Crippen LogP contribution in [0.4, 0.5) is 0 Å². The van der Waals surface area contributed by atoms with Crippen molar-refractivity contribution in [1.29, 1.82) is 0 Å². The molecule has 0 atom stereocenters. The summed E-state index contributed by atoms with van der Waals surface area (Å²) in [4.78, 5) is -0.149. The Morgan fingerprint density at radius 2 is 1.92 bits per heavy atom. The zero-order valence-electron chi connectivity index (χ0n) is 15.1. The van der Waals surface area contributed by atoms with Crippen LogP contribution in [0.25, 0.3) is 0 Å². The molecule has 0 aliphatic rings. The number of phenolic OH excluding ortho intramolecular Hbond substituents is 1. The van der Waals surface area contributed by atoms with Crippen LogP contribution in [0.1, 0.15) is 57.1 Å². The zero-order chi connectivity index (χ0) is 19.6. The number of phenols is 1. The summed E-state index contributed by atoms with van der Waals surface area (Å²) in [6.45, 7) is 7.30. The summed E-state index contributed by atoms with van der Waals surface area (Å²) in [6.07, 6.45) is 4.94. The molecule has 0 saturated heterocycles. The molecule has 1 aromatic carbocycles. The molecular weight excluding hydrogens is 344 g/mol. The van der Waals surface area contributed by atoms with Gasteiger partial charge in [0.2, 0.25) is 5.96 Å². The van der Waals surface area contributed by atoms with Crippen LogP contribution in [-0.2, 0) is 10.1 Å². The molecule has 0 aliphatic carbocycles. The number of nitrogens with two attached hydrogens (primary N) is 2. The van der Waals surface area contributed by atoms with Gasteiger partial charge >= 0.3 is 0 Å². The highest BCUT2D eigenvalue weighted by Crippen LogP contribution is 2.30. The Morgan fingerprint density at radius 1 is 1.32 bits per heavy atom. The number of hydrogen-bond donors (Lipinski definition) is 4. The number of hydrogen-bond acceptors (Lipinski definition) is 5. The lowest BCUT2D eigenvalue weighted by Gasteiger charge is -2.11. The van der Waals surface area contributed by atoms with Crippen LogP contribution in [0, 0.1) is 6.92 Å². The predicted molar refractivity (Wildman–Crippen MR) is 101 cm³/mol. The summed E-state index contributed by atoms with van der Waals surface area (Å²) in [7, 11) is -4.22. The molecule has 1 aromatic rings. The standard InChI is InChI=1S/C10H14O4S.C6H14N4/c1-6(2)8-5-10(15(12,13)14)7(3)4-9(8)11;1-2-3-4-5-9-10-6(7)8/h4-6,11H,1-3H3,(H,12,13,14);5H,2-4H2,1H3,(H4,7,8,10)/b;9-5-. The highest BCUT2D eigenvalue weighted by Gasteiger charge is 2.17. The van der Waals surface area contributed by atoms with Gasteiger partial charge in [-0.15, -0.1) is 5.10 Å². The quantitative estimate of drug-likeness (QED) is 0.198. The van der Waals surface area contributed by atoms with Gasteiger partial charge in [0.25, 0.3) is 10.1 Å². The molecule has 9 heteroatoms. The van der Waals surface area contributed by atoms with Crippen molar-refractivity contribution in [3.8, 4) is 5.75 Å². The van der Waals surface area contributed by atoms with Crippen LogP contribution in [0.2, 0.25) is 0 Å². The van der Waals surface area contributed by atoms with Gasteiger partial charge in [-0.3, -0.25) is 4.55 Å². The summed E-state index contributed by atoms with van der Waals surface area (Å²) in [5, 5.41) is 16.6. The Labute approximate surface area is 149 Å². The highest BCUT2D eigenvalue weighted by atomic mass is 32.2. The molecule has 0 aromatic heterocycles. The SMILES string of the molecule is CCCC/C=N\N=C(N)N.Cc1cc(O)c(C(C)C)cc1S(=O)(=O)O. The third-order valence-electron chi connectivity index (χ3n) is 3.17. The molecule has 0 heterocycles. The van der Waals surface area contributed by atoms with Crippen LogP contribution in [0.5, 0.6) is 5.75 Å². The Kier molecular flexibility index (Phi) is 9.77. The van der Waals surface area contributed by atoms with Gasteiger partial charge in [-0.1, -0.05) is 27.2 Å². The molecule has 6 N–H and O–H groups in total. The number of benzene rings is 1. The number of aryl methyl sites for hydroxylation is 1. The van der Waals surface area contributed by atoms with E-state index in [2.05, 4.69) is 17.1 Å². The first-order valence-electron chi connectivity index (χ1n) is 7.92. The van der Waals surface area contributed by atoms with E-state index in [1.54, 1.807) is 6.21 Å². The predicted octanol–water partition coefficient (Wildman–Crippen LogP) is 2.51. The largest absolute Gasteiger partial charge is 0.508 e. The van der Waals surface area contributed by atoms with E-state index in [4.69, 9.17) is 16.0 Å². The van der Waals surface area contributed by atoms with Crippen LogP contribution >= 0.6 is 0 Å². The van der Waals surface area contributed by atoms with Gasteiger partial charge in [-0.05, 0) is 48.9 Å². The molecule has 0 aliphatic heterocycles. The van der Waals surface area contributed by atoms with Crippen molar-refractivity contribution < 1.29 is 18.1 Å². The van der Waals surface area contributed by atoms with Gasteiger partial charge in [-0.2, -0.15) is 13.5 Å². The van der Waals surface area contributed by atoms with Crippen molar-refractivity contribution in [3.63, 3.8) is 0 Å². The first kappa shape index (κ1) is 22.9. The van der Waals surface area contributed by atoms with Crippen molar-refractivity contribution in [1.82, 2.24) is 0 Å². The third kappa shape index (κ3) is 9.06. The second kappa shape index (κ2) is 10.7. The fourth-order valence-electron chi connectivity index (χ4n) is 1.89. The van der Waals surface area contributed by atoms with E-state index in [9.17, 15) is 13.5 Å². The second-order valence-corrected chi connectivity index (χ2v) is 7.16. The molecule has 0 radical (unpaired) electrons. The van der Waals surface area contributed by atoms with Gasteiger partial charge in [0.05, 0.1) is 4.90 Å². The molecule has 0 unspecified atom stereocenters. The smallest absolute Gasteiger partial charge is 0.294 e. The van der Waals surface area contributed by atoms with Crippen molar-refractivity contribution in [2.24, 2.45) is 21.7 Å². The number of unbranched alkanes of at least 4 members (excludes halogenated alkanes) is 2. The third-order valence-corrected chi connectivity index (χ3v) is 4.16. The van der Waals surface area contributed by atoms with Crippen LogP contribution in [0.3, 0.4) is 0 Å². The summed E-state index contributed by atoms with van der Waals surface area (Å²) in [5.41, 5.74) is 10.9. The van der Waals surface area contributed by atoms with Gasteiger partial charge in [0.1, 0.15) is 5.75 Å². The Morgan fingerprint density at radius 3 is 2.36 bits per heavy atom. The van der Waals surface area contributed by atoms with Gasteiger partial charge in [0, 0.05) is 6.21 Å². The maximum atomic E-state index is 11.0. The fourth-order valence-corrected chi connectivity index (χ4v) is 2.63. The first-order chi connectivity index (χ1) is 11.5. The molecule has 142 valence electrons. The minimum absolute atomic E-state index is 0.00717. The van der Waals surface area contributed by atoms with E-state index in [1.165, 1.54) is 19.1 Å². The average molecular weight is 372 g/mol. The second-order valence-electron chi connectivity index (χ2n) is 5.77. The number of aromatic hydroxyl groups is 1. The number of rotatable bonds is 6. The lowest BCUT2D eigenvalue weighted by atomic mass is 10.0. The number of guanidine groups is 1. The summed E-state index contributed by atoms with van der Waals surface area (Å²) in [6, 6.07) is 2.66. The Hall–Kier alpha value is -2.13. The fraction of sp³-hybridized carbons (Fsp3) is 0.500. The van der Waals surface area contributed by atoms with Crippen molar-refractivity contribution in [2.45, 2.75) is 57.8 Å². The van der Waals surface area contributed by atoms with Crippen molar-refractivity contribution in [3.05, 3.63) is 23.3 Å². The van der Waals surface area contributed by atoms with Gasteiger partial charge in [-0.25, -0.2) is 0 Å². The molecule has 25 heavy (non-hydrogen) atoms. The van der Waals surface area contributed by atoms with Crippen LogP contribution < -0.4 is 11.5 Å². The molecule has 0 saturated carbocycles. The molecule has 8 nitrogen and oxygen atoms in total. The highest BCUT2D eigenvalue weighted by molar-refractivity contribution is 7.85. The van der Waals surface area contributed by atoms with E-state index in [-0.39, 0.29) is 22.5 Å². The summed E-state index contributed by atoms with van der Waals surface area (Å²) < 4.78 is 31.0. The minimum Gasteiger partial charge on any atom is -0.508 e. The monoisotopic (exact) mass is 372 g/mol. The van der Waals surface area contributed by atoms with E-state index in [1.807, 2.05) is 13.8 Å². The molecule has 0 spiro atoms. The Bertz CT molecular complexity index is 709. The van der Waals surface area contributed by atoms with Gasteiger partial charge in [0.15, 0.2) is 0 Å². The maximum absolute atomic E-state index is 11.0. The van der Waals surface area contributed by atoms with E-state index >= 15 is 0 Å². The van der Waals surface area contributed by atoms with E-state index in [0.29, 0.717) is 11.1 Å². The molecule has 0 bridgehead atoms. The average Bonchev–Trinajstić information content (AvgIpc) is 2.45.